The average Bonchev–Trinajstić information content (AvgIpc) is 2.43. The lowest BCUT2D eigenvalue weighted by Crippen LogP contribution is -1.88. The summed E-state index contributed by atoms with van der Waals surface area (Å²) in [6, 6.07) is 13.2. The van der Waals surface area contributed by atoms with E-state index in [1.165, 1.54) is 17.9 Å². The largest absolute Gasteiger partial charge is 0.463 e. The van der Waals surface area contributed by atoms with Crippen LogP contribution in [0.25, 0.3) is 11.1 Å². The molecule has 0 fully saturated rings. The zero-order valence-corrected chi connectivity index (χ0v) is 11.0. The van der Waals surface area contributed by atoms with Crippen molar-refractivity contribution >= 4 is 0 Å². The van der Waals surface area contributed by atoms with E-state index < -0.39 is 0 Å². The van der Waals surface area contributed by atoms with Crippen LogP contribution in [0.15, 0.2) is 55.3 Å². The molecule has 2 aromatic carbocycles. The Morgan fingerprint density at radius 1 is 1.11 bits per heavy atom. The molecule has 2 heteroatoms. The molecule has 19 heavy (non-hydrogen) atoms. The average molecular weight is 256 g/mol. The molecule has 1 nitrogen and oxygen atoms in total. The Morgan fingerprint density at radius 2 is 1.79 bits per heavy atom. The summed E-state index contributed by atoms with van der Waals surface area (Å²) in [6.07, 6.45) is 3.42. The van der Waals surface area contributed by atoms with Gasteiger partial charge in [0.25, 0.3) is 0 Å². The molecule has 0 aliphatic carbocycles. The lowest BCUT2D eigenvalue weighted by atomic mass is 10.0. The van der Waals surface area contributed by atoms with Crippen molar-refractivity contribution < 1.29 is 9.13 Å². The van der Waals surface area contributed by atoms with Crippen molar-refractivity contribution in [2.24, 2.45) is 0 Å². The number of ether oxygens (including phenoxy) is 1. The Labute approximate surface area is 113 Å². The molecule has 0 saturated heterocycles. The molecular weight excluding hydrogens is 239 g/mol. The van der Waals surface area contributed by atoms with Gasteiger partial charge in [-0.05, 0) is 35.2 Å². The first kappa shape index (κ1) is 13.3. The molecular formula is C17H17FO. The van der Waals surface area contributed by atoms with Gasteiger partial charge >= 0.3 is 0 Å². The van der Waals surface area contributed by atoms with Gasteiger partial charge in [0.2, 0.25) is 0 Å². The SMILES string of the molecule is C=COc1ccc(-c2ccc(CCC)cc2)cc1F. The first-order valence-electron chi connectivity index (χ1n) is 6.41. The molecule has 0 heterocycles. The summed E-state index contributed by atoms with van der Waals surface area (Å²) >= 11 is 0. The predicted octanol–water partition coefficient (Wildman–Crippen LogP) is 4.97. The molecule has 0 unspecified atom stereocenters. The van der Waals surface area contributed by atoms with Gasteiger partial charge < -0.3 is 4.74 Å². The van der Waals surface area contributed by atoms with Crippen LogP contribution < -0.4 is 4.74 Å². The summed E-state index contributed by atoms with van der Waals surface area (Å²) in [5.74, 6) is -0.184. The van der Waals surface area contributed by atoms with E-state index >= 15 is 0 Å². The van der Waals surface area contributed by atoms with E-state index in [-0.39, 0.29) is 11.6 Å². The van der Waals surface area contributed by atoms with Gasteiger partial charge in [-0.1, -0.05) is 50.3 Å². The lowest BCUT2D eigenvalue weighted by Gasteiger charge is -2.06. The zero-order chi connectivity index (χ0) is 13.7. The number of hydrogen-bond donors (Lipinski definition) is 0. The molecule has 0 N–H and O–H groups in total. The van der Waals surface area contributed by atoms with Crippen molar-refractivity contribution in [3.05, 3.63) is 66.7 Å². The highest BCUT2D eigenvalue weighted by Crippen LogP contribution is 2.26. The minimum Gasteiger partial charge on any atom is -0.463 e. The van der Waals surface area contributed by atoms with Crippen LogP contribution in [0.2, 0.25) is 0 Å². The molecule has 0 saturated carbocycles. The summed E-state index contributed by atoms with van der Waals surface area (Å²) in [5.41, 5.74) is 3.15. The van der Waals surface area contributed by atoms with Gasteiger partial charge in [0.1, 0.15) is 0 Å². The van der Waals surface area contributed by atoms with Crippen LogP contribution in [0.1, 0.15) is 18.9 Å². The van der Waals surface area contributed by atoms with Gasteiger partial charge in [-0.3, -0.25) is 0 Å². The van der Waals surface area contributed by atoms with Crippen LogP contribution in [0.3, 0.4) is 0 Å². The van der Waals surface area contributed by atoms with Gasteiger partial charge in [0.15, 0.2) is 11.6 Å². The standard InChI is InChI=1S/C17H17FO/c1-3-5-13-6-8-14(9-7-13)15-10-11-17(19-4-2)16(18)12-15/h4,6-12H,2-3,5H2,1H3. The number of benzene rings is 2. The van der Waals surface area contributed by atoms with Crippen molar-refractivity contribution in [2.45, 2.75) is 19.8 Å². The monoisotopic (exact) mass is 256 g/mol. The molecule has 0 aromatic heterocycles. The van der Waals surface area contributed by atoms with E-state index in [2.05, 4.69) is 25.6 Å². The molecule has 98 valence electrons. The zero-order valence-electron chi connectivity index (χ0n) is 11.0. The van der Waals surface area contributed by atoms with Crippen LogP contribution in [-0.4, -0.2) is 0 Å². The van der Waals surface area contributed by atoms with Crippen LogP contribution in [0.4, 0.5) is 4.39 Å². The summed E-state index contributed by atoms with van der Waals surface area (Å²) in [4.78, 5) is 0. The fourth-order valence-corrected chi connectivity index (χ4v) is 2.02. The molecule has 0 amide bonds. The van der Waals surface area contributed by atoms with E-state index in [9.17, 15) is 4.39 Å². The van der Waals surface area contributed by atoms with Gasteiger partial charge in [-0.2, -0.15) is 0 Å². The minimum atomic E-state index is -0.380. The maximum absolute atomic E-state index is 13.8. The van der Waals surface area contributed by atoms with E-state index in [0.29, 0.717) is 0 Å². The molecule has 0 aliphatic heterocycles. The van der Waals surface area contributed by atoms with Gasteiger partial charge in [0, 0.05) is 0 Å². The molecule has 0 radical (unpaired) electrons. The Hall–Kier alpha value is -2.09. The van der Waals surface area contributed by atoms with Gasteiger partial charge in [-0.15, -0.1) is 0 Å². The van der Waals surface area contributed by atoms with E-state index in [0.717, 1.165) is 24.0 Å². The summed E-state index contributed by atoms with van der Waals surface area (Å²) in [6.45, 7) is 5.57. The number of rotatable bonds is 5. The summed E-state index contributed by atoms with van der Waals surface area (Å²) < 4.78 is 18.7. The second-order valence-electron chi connectivity index (χ2n) is 4.38. The maximum atomic E-state index is 13.8. The molecule has 0 bridgehead atoms. The number of halogens is 1. The molecule has 0 spiro atoms. The Balaban J connectivity index is 2.26. The minimum absolute atomic E-state index is 0.196. The van der Waals surface area contributed by atoms with Crippen LogP contribution in [0, 0.1) is 5.82 Å². The smallest absolute Gasteiger partial charge is 0.166 e. The Morgan fingerprint density at radius 3 is 2.37 bits per heavy atom. The van der Waals surface area contributed by atoms with Crippen LogP contribution in [0.5, 0.6) is 5.75 Å². The highest BCUT2D eigenvalue weighted by atomic mass is 19.1. The Bertz CT molecular complexity index is 558. The van der Waals surface area contributed by atoms with Crippen molar-refractivity contribution in [1.82, 2.24) is 0 Å². The molecule has 0 aliphatic rings. The molecule has 2 rings (SSSR count). The number of hydrogen-bond acceptors (Lipinski definition) is 1. The van der Waals surface area contributed by atoms with E-state index in [1.807, 2.05) is 18.2 Å². The third kappa shape index (κ3) is 3.22. The highest BCUT2D eigenvalue weighted by molar-refractivity contribution is 5.64. The summed E-state index contributed by atoms with van der Waals surface area (Å²) in [7, 11) is 0. The van der Waals surface area contributed by atoms with Crippen LogP contribution in [-0.2, 0) is 6.42 Å². The third-order valence-electron chi connectivity index (χ3n) is 2.97. The fraction of sp³-hybridized carbons (Fsp3) is 0.176. The summed E-state index contributed by atoms with van der Waals surface area (Å²) in [5, 5.41) is 0. The van der Waals surface area contributed by atoms with Gasteiger partial charge in [-0.25, -0.2) is 4.39 Å². The Kier molecular flexibility index (Phi) is 4.35. The lowest BCUT2D eigenvalue weighted by molar-refractivity contribution is 0.442. The highest BCUT2D eigenvalue weighted by Gasteiger charge is 2.05. The van der Waals surface area contributed by atoms with Crippen molar-refractivity contribution in [2.75, 3.05) is 0 Å². The first-order valence-corrected chi connectivity index (χ1v) is 6.41. The molecule has 0 atom stereocenters. The second-order valence-corrected chi connectivity index (χ2v) is 4.38. The van der Waals surface area contributed by atoms with Crippen molar-refractivity contribution in [1.29, 1.82) is 0 Å². The predicted molar refractivity (Wildman–Crippen MR) is 76.7 cm³/mol. The molecule has 2 aromatic rings. The normalized spacial score (nSPS) is 10.2. The second kappa shape index (κ2) is 6.19. The first-order chi connectivity index (χ1) is 9.24. The fourth-order valence-electron chi connectivity index (χ4n) is 2.02. The quantitative estimate of drug-likeness (QED) is 0.686. The van der Waals surface area contributed by atoms with E-state index in [4.69, 9.17) is 4.74 Å². The van der Waals surface area contributed by atoms with Crippen molar-refractivity contribution in [3.8, 4) is 16.9 Å². The van der Waals surface area contributed by atoms with Gasteiger partial charge in [0.05, 0.1) is 6.26 Å². The maximum Gasteiger partial charge on any atom is 0.166 e. The third-order valence-corrected chi connectivity index (χ3v) is 2.97. The topological polar surface area (TPSA) is 9.23 Å². The number of aryl methyl sites for hydroxylation is 1. The van der Waals surface area contributed by atoms with Crippen LogP contribution >= 0.6 is 0 Å². The van der Waals surface area contributed by atoms with E-state index in [1.54, 1.807) is 6.07 Å². The van der Waals surface area contributed by atoms with Crippen molar-refractivity contribution in [3.63, 3.8) is 0 Å².